The molecule has 7 heteroatoms. The molecule has 0 spiro atoms. The van der Waals surface area contributed by atoms with E-state index >= 15 is 0 Å². The highest BCUT2D eigenvalue weighted by atomic mass is 28.5. The van der Waals surface area contributed by atoms with Crippen molar-refractivity contribution in [3.63, 3.8) is 0 Å². The summed E-state index contributed by atoms with van der Waals surface area (Å²) in [4.78, 5) is 0. The van der Waals surface area contributed by atoms with Crippen LogP contribution >= 0.6 is 0 Å². The van der Waals surface area contributed by atoms with Crippen molar-refractivity contribution in [2.45, 2.75) is 77.6 Å². The molecule has 0 amide bonds. The third-order valence-electron chi connectivity index (χ3n) is 3.24. The maximum Gasteiger partial charge on any atom is 0.311 e. The van der Waals surface area contributed by atoms with Gasteiger partial charge >= 0.3 is 8.56 Å². The molecule has 1 saturated heterocycles. The predicted molar refractivity (Wildman–Crippen MR) is 90.0 cm³/mol. The fraction of sp³-hybridized carbons (Fsp3) is 1.00. The summed E-state index contributed by atoms with van der Waals surface area (Å²) in [5.41, 5.74) is -0.476. The zero-order chi connectivity index (χ0) is 15.8. The van der Waals surface area contributed by atoms with Gasteiger partial charge in [-0.1, -0.05) is 6.92 Å². The Balaban J connectivity index is 2.78. The highest BCUT2D eigenvalue weighted by Gasteiger charge is 2.68. The van der Waals surface area contributed by atoms with Gasteiger partial charge in [0.25, 0.3) is 0 Å². The molecule has 0 aromatic heterocycles. The predicted octanol–water partition coefficient (Wildman–Crippen LogP) is 3.84. The number of hydrogen-bond donors (Lipinski definition) is 0. The Hall–Kier alpha value is 0.491. The molecular formula is C13H32O4Si3. The second-order valence-electron chi connectivity index (χ2n) is 7.50. The smallest absolute Gasteiger partial charge is 0.311 e. The van der Waals surface area contributed by atoms with Crippen LogP contribution in [0.2, 0.25) is 45.8 Å². The Bertz CT molecular complexity index is 341. The van der Waals surface area contributed by atoms with Crippen molar-refractivity contribution in [2.75, 3.05) is 6.61 Å². The number of rotatable bonds is 8. The van der Waals surface area contributed by atoms with E-state index in [1.807, 2.05) is 0 Å². The first kappa shape index (κ1) is 18.5. The first-order valence-electron chi connectivity index (χ1n) is 7.57. The molecule has 0 aliphatic carbocycles. The summed E-state index contributed by atoms with van der Waals surface area (Å²) in [7, 11) is -5.89. The lowest BCUT2D eigenvalue weighted by molar-refractivity contribution is -0.000493. The van der Waals surface area contributed by atoms with Gasteiger partial charge in [0.05, 0.1) is 0 Å². The molecule has 0 radical (unpaired) electrons. The molecule has 1 heterocycles. The molecule has 0 bridgehead atoms. The van der Waals surface area contributed by atoms with Crippen LogP contribution in [0.3, 0.4) is 0 Å². The first-order chi connectivity index (χ1) is 8.85. The van der Waals surface area contributed by atoms with Crippen LogP contribution in [-0.2, 0) is 17.7 Å². The van der Waals surface area contributed by atoms with Crippen molar-refractivity contribution in [3.8, 4) is 0 Å². The van der Waals surface area contributed by atoms with Crippen molar-refractivity contribution < 1.29 is 17.7 Å². The first-order valence-corrected chi connectivity index (χ1v) is 16.7. The summed E-state index contributed by atoms with van der Waals surface area (Å²) in [6.45, 7) is 20.2. The van der Waals surface area contributed by atoms with Crippen molar-refractivity contribution in [2.24, 2.45) is 0 Å². The van der Waals surface area contributed by atoms with Crippen LogP contribution in [0.4, 0.5) is 0 Å². The average Bonchev–Trinajstić information content (AvgIpc) is 2.82. The lowest BCUT2D eigenvalue weighted by atomic mass is 10.5. The molecule has 1 fully saturated rings. The average molecular weight is 337 g/mol. The topological polar surface area (TPSA) is 40.2 Å². The van der Waals surface area contributed by atoms with E-state index in [-0.39, 0.29) is 6.10 Å². The van der Waals surface area contributed by atoms with Crippen LogP contribution in [0.1, 0.15) is 20.3 Å². The van der Waals surface area contributed by atoms with Crippen molar-refractivity contribution in [3.05, 3.63) is 0 Å². The van der Waals surface area contributed by atoms with Crippen LogP contribution in [0.15, 0.2) is 0 Å². The summed E-state index contributed by atoms with van der Waals surface area (Å²) in [6, 6.07) is 0. The Morgan fingerprint density at radius 2 is 1.50 bits per heavy atom. The molecule has 4 nitrogen and oxygen atoms in total. The van der Waals surface area contributed by atoms with Crippen molar-refractivity contribution >= 4 is 25.2 Å². The van der Waals surface area contributed by atoms with E-state index in [0.717, 1.165) is 13.0 Å². The monoisotopic (exact) mass is 336 g/mol. The zero-order valence-electron chi connectivity index (χ0n) is 14.6. The Morgan fingerprint density at radius 3 is 1.85 bits per heavy atom. The molecule has 2 atom stereocenters. The van der Waals surface area contributed by atoms with Gasteiger partial charge < -0.3 is 17.7 Å². The molecule has 120 valence electrons. The van der Waals surface area contributed by atoms with Gasteiger partial charge in [-0.15, -0.1) is 0 Å². The molecule has 2 unspecified atom stereocenters. The van der Waals surface area contributed by atoms with Gasteiger partial charge in [-0.25, -0.2) is 0 Å². The van der Waals surface area contributed by atoms with Gasteiger partial charge in [0.15, 0.2) is 8.32 Å². The minimum absolute atomic E-state index is 0.132. The lowest BCUT2D eigenvalue weighted by Crippen LogP contribution is -2.59. The third kappa shape index (κ3) is 4.49. The van der Waals surface area contributed by atoms with E-state index in [2.05, 4.69) is 59.7 Å². The lowest BCUT2D eigenvalue weighted by Gasteiger charge is -2.39. The molecule has 0 N–H and O–H groups in total. The van der Waals surface area contributed by atoms with E-state index in [1.165, 1.54) is 0 Å². The summed E-state index contributed by atoms with van der Waals surface area (Å²) in [6.07, 6.45) is 1.13. The number of hydrogen-bond acceptors (Lipinski definition) is 4. The van der Waals surface area contributed by atoms with Gasteiger partial charge in [-0.2, -0.15) is 0 Å². The van der Waals surface area contributed by atoms with Crippen LogP contribution in [0.25, 0.3) is 0 Å². The number of epoxide rings is 1. The van der Waals surface area contributed by atoms with E-state index in [9.17, 15) is 0 Å². The molecule has 20 heavy (non-hydrogen) atoms. The number of ether oxygens (including phenoxy) is 2. The highest BCUT2D eigenvalue weighted by Crippen LogP contribution is 2.47. The van der Waals surface area contributed by atoms with E-state index in [4.69, 9.17) is 17.7 Å². The molecule has 0 saturated carbocycles. The fourth-order valence-corrected chi connectivity index (χ4v) is 16.7. The van der Waals surface area contributed by atoms with Crippen molar-refractivity contribution in [1.29, 1.82) is 0 Å². The normalized spacial score (nSPS) is 27.8. The van der Waals surface area contributed by atoms with E-state index in [1.54, 1.807) is 0 Å². The molecule has 1 aliphatic rings. The Morgan fingerprint density at radius 1 is 1.00 bits per heavy atom. The van der Waals surface area contributed by atoms with Gasteiger partial charge in [0, 0.05) is 6.61 Å². The molecule has 0 aromatic rings. The standard InChI is InChI=1S/C13H32O4Si3/c1-10-11-14-13(12(2)15-13)19(6,7)17-20(8,9)16-18(3,4)5/h12H,10-11H2,1-9H3. The maximum absolute atomic E-state index is 6.54. The largest absolute Gasteiger partial charge is 0.437 e. The second-order valence-corrected chi connectivity index (χ2v) is 19.9. The quantitative estimate of drug-likeness (QED) is 0.499. The van der Waals surface area contributed by atoms with Crippen LogP contribution in [-0.4, -0.2) is 43.3 Å². The second kappa shape index (κ2) is 5.94. The SMILES string of the molecule is CCCOC1([Si](C)(C)O[Si](C)(C)O[Si](C)(C)C)OC1C. The van der Waals surface area contributed by atoms with Gasteiger partial charge in [0.2, 0.25) is 13.7 Å². The van der Waals surface area contributed by atoms with Gasteiger partial charge in [-0.05, 0) is 59.2 Å². The van der Waals surface area contributed by atoms with Gasteiger partial charge in [0.1, 0.15) is 6.10 Å². The Labute approximate surface area is 127 Å². The summed E-state index contributed by atoms with van der Waals surface area (Å²) in [5, 5.41) is 0. The minimum atomic E-state index is -2.15. The molecule has 1 rings (SSSR count). The minimum Gasteiger partial charge on any atom is -0.437 e. The van der Waals surface area contributed by atoms with Crippen LogP contribution in [0, 0.1) is 0 Å². The Kier molecular flexibility index (Phi) is 5.51. The zero-order valence-corrected chi connectivity index (χ0v) is 17.6. The fourth-order valence-electron chi connectivity index (χ4n) is 2.88. The van der Waals surface area contributed by atoms with Gasteiger partial charge in [-0.3, -0.25) is 0 Å². The molecule has 1 aliphatic heterocycles. The highest BCUT2D eigenvalue weighted by molar-refractivity contribution is 6.88. The molecule has 0 aromatic carbocycles. The van der Waals surface area contributed by atoms with Crippen LogP contribution in [0.5, 0.6) is 0 Å². The maximum atomic E-state index is 6.54. The summed E-state index contributed by atoms with van der Waals surface area (Å²) in [5.74, 6) is 0. The molecular weight excluding hydrogens is 304 g/mol. The summed E-state index contributed by atoms with van der Waals surface area (Å²) < 4.78 is 24.7. The van der Waals surface area contributed by atoms with Crippen molar-refractivity contribution in [1.82, 2.24) is 0 Å². The van der Waals surface area contributed by atoms with Crippen LogP contribution < -0.4 is 0 Å². The summed E-state index contributed by atoms with van der Waals surface area (Å²) >= 11 is 0. The van der Waals surface area contributed by atoms with E-state index in [0.29, 0.717) is 0 Å². The third-order valence-corrected chi connectivity index (χ3v) is 14.0. The van der Waals surface area contributed by atoms with E-state index < -0.39 is 30.6 Å².